The highest BCUT2D eigenvalue weighted by molar-refractivity contribution is 7.91. The fourth-order valence-electron chi connectivity index (χ4n) is 3.92. The van der Waals surface area contributed by atoms with Crippen LogP contribution in [-0.4, -0.2) is 80.5 Å². The Bertz CT molecular complexity index is 1290. The minimum absolute atomic E-state index is 0.0424. The first-order chi connectivity index (χ1) is 15.3. The number of carbonyl (C=O) groups is 2. The lowest BCUT2D eigenvalue weighted by atomic mass is 10.1. The highest BCUT2D eigenvalue weighted by Gasteiger charge is 2.41. The number of H-pyrrole nitrogens is 1. The molecule has 4 heterocycles. The molecule has 5 rings (SSSR count). The number of carbonyl (C=O) groups excluding carboxylic acids is 2. The maximum absolute atomic E-state index is 13.1. The Balaban J connectivity index is 1.37. The van der Waals surface area contributed by atoms with Crippen molar-refractivity contribution in [2.75, 3.05) is 24.6 Å². The number of amides is 2. The van der Waals surface area contributed by atoms with Crippen LogP contribution in [0.25, 0.3) is 22.4 Å². The van der Waals surface area contributed by atoms with E-state index in [-0.39, 0.29) is 36.4 Å². The van der Waals surface area contributed by atoms with Crippen LogP contribution in [0, 0.1) is 5.92 Å². The van der Waals surface area contributed by atoms with Gasteiger partial charge in [-0.25, -0.2) is 18.4 Å². The summed E-state index contributed by atoms with van der Waals surface area (Å²) in [6.07, 6.45) is 8.32. The Morgan fingerprint density at radius 1 is 1.22 bits per heavy atom. The van der Waals surface area contributed by atoms with Gasteiger partial charge in [-0.2, -0.15) is 5.10 Å². The van der Waals surface area contributed by atoms with E-state index in [4.69, 9.17) is 0 Å². The summed E-state index contributed by atoms with van der Waals surface area (Å²) in [6, 6.07) is -0.678. The third kappa shape index (κ3) is 3.97. The lowest BCUT2D eigenvalue weighted by Gasteiger charge is -2.30. The van der Waals surface area contributed by atoms with Gasteiger partial charge in [0.2, 0.25) is 5.91 Å². The van der Waals surface area contributed by atoms with Crippen molar-refractivity contribution in [3.63, 3.8) is 0 Å². The Morgan fingerprint density at radius 2 is 1.97 bits per heavy atom. The summed E-state index contributed by atoms with van der Waals surface area (Å²) in [5.74, 6) is -0.660. The van der Waals surface area contributed by atoms with Gasteiger partial charge in [-0.1, -0.05) is 0 Å². The van der Waals surface area contributed by atoms with Gasteiger partial charge in [0.05, 0.1) is 35.2 Å². The third-order valence-electron chi connectivity index (χ3n) is 5.93. The predicted octanol–water partition coefficient (Wildman–Crippen LogP) is 0.124. The van der Waals surface area contributed by atoms with Crippen LogP contribution >= 0.6 is 0 Å². The van der Waals surface area contributed by atoms with Gasteiger partial charge in [-0.05, 0) is 18.8 Å². The highest BCUT2D eigenvalue weighted by Crippen LogP contribution is 2.34. The van der Waals surface area contributed by atoms with Crippen LogP contribution in [0.1, 0.15) is 23.2 Å². The first-order valence-electron chi connectivity index (χ1n) is 10.4. The summed E-state index contributed by atoms with van der Waals surface area (Å²) < 4.78 is 25.0. The summed E-state index contributed by atoms with van der Waals surface area (Å²) in [7, 11) is -1.29. The van der Waals surface area contributed by atoms with Gasteiger partial charge in [-0.3, -0.25) is 14.3 Å². The molecule has 0 spiro atoms. The van der Waals surface area contributed by atoms with Gasteiger partial charge in [0, 0.05) is 38.1 Å². The molecule has 1 atom stereocenters. The number of rotatable bonds is 5. The minimum Gasteiger partial charge on any atom is -0.344 e. The number of fused-ring (bicyclic) bond motifs is 1. The fraction of sp³-hybridized carbons (Fsp3) is 0.450. The standard InChI is InChI=1S/C20H23N7O4S/c1-26-11-13(8-23-26)15-10-22-18-17(24-15)14(9-21-18)19(28)25-16(12-2-3-12)20(29)27-4-6-32(30,31)7-5-27/h8-12,16H,2-7H2,1H3,(H,21,22)(H,25,28)/t16-/m1/s1. The average Bonchev–Trinajstić information content (AvgIpc) is 3.37. The zero-order chi connectivity index (χ0) is 22.5. The predicted molar refractivity (Wildman–Crippen MR) is 115 cm³/mol. The second-order valence-corrected chi connectivity index (χ2v) is 10.6. The van der Waals surface area contributed by atoms with Crippen LogP contribution in [0.5, 0.6) is 0 Å². The lowest BCUT2D eigenvalue weighted by Crippen LogP contribution is -2.53. The van der Waals surface area contributed by atoms with Crippen LogP contribution in [0.4, 0.5) is 0 Å². The van der Waals surface area contributed by atoms with Crippen molar-refractivity contribution >= 4 is 32.8 Å². The molecule has 12 heteroatoms. The van der Waals surface area contributed by atoms with Crippen LogP contribution < -0.4 is 5.32 Å². The van der Waals surface area contributed by atoms with Crippen LogP contribution in [0.3, 0.4) is 0 Å². The second-order valence-electron chi connectivity index (χ2n) is 8.32. The number of sulfone groups is 1. The Labute approximate surface area is 184 Å². The molecule has 2 amide bonds. The van der Waals surface area contributed by atoms with Gasteiger partial charge in [0.1, 0.15) is 11.6 Å². The van der Waals surface area contributed by atoms with Crippen molar-refractivity contribution in [2.24, 2.45) is 13.0 Å². The van der Waals surface area contributed by atoms with Crippen LogP contribution in [0.15, 0.2) is 24.8 Å². The second kappa shape index (κ2) is 7.69. The Morgan fingerprint density at radius 3 is 2.62 bits per heavy atom. The van der Waals surface area contributed by atoms with Gasteiger partial charge < -0.3 is 15.2 Å². The summed E-state index contributed by atoms with van der Waals surface area (Å²) in [6.45, 7) is 0.320. The zero-order valence-corrected chi connectivity index (χ0v) is 18.3. The average molecular weight is 458 g/mol. The van der Waals surface area contributed by atoms with Crippen LogP contribution in [-0.2, 0) is 21.7 Å². The molecule has 11 nitrogen and oxygen atoms in total. The molecular weight excluding hydrogens is 434 g/mol. The molecule has 2 aliphatic rings. The highest BCUT2D eigenvalue weighted by atomic mass is 32.2. The van der Waals surface area contributed by atoms with Gasteiger partial charge in [0.15, 0.2) is 15.5 Å². The molecule has 1 aliphatic heterocycles. The van der Waals surface area contributed by atoms with Crippen molar-refractivity contribution in [2.45, 2.75) is 18.9 Å². The minimum atomic E-state index is -3.09. The molecular formula is C20H23N7O4S. The zero-order valence-electron chi connectivity index (χ0n) is 17.5. The normalized spacial score (nSPS) is 19.1. The molecule has 1 aliphatic carbocycles. The van der Waals surface area contributed by atoms with E-state index in [2.05, 4.69) is 25.4 Å². The molecule has 3 aromatic rings. The first kappa shape index (κ1) is 20.6. The summed E-state index contributed by atoms with van der Waals surface area (Å²) in [5.41, 5.74) is 2.55. The number of aromatic nitrogens is 5. The summed E-state index contributed by atoms with van der Waals surface area (Å²) >= 11 is 0. The molecule has 0 radical (unpaired) electrons. The van der Waals surface area contributed by atoms with Gasteiger partial charge in [-0.15, -0.1) is 0 Å². The molecule has 1 saturated carbocycles. The molecule has 2 fully saturated rings. The van der Waals surface area contributed by atoms with E-state index in [9.17, 15) is 18.0 Å². The molecule has 0 bridgehead atoms. The number of nitrogens with zero attached hydrogens (tertiary/aromatic N) is 5. The number of aryl methyl sites for hydroxylation is 1. The largest absolute Gasteiger partial charge is 0.344 e. The molecule has 2 N–H and O–H groups in total. The first-order valence-corrected chi connectivity index (χ1v) is 12.3. The number of hydrogen-bond donors (Lipinski definition) is 2. The molecule has 0 aromatic carbocycles. The SMILES string of the molecule is Cn1cc(-c2cnc3[nH]cc(C(=O)N[C@@H](C(=O)N4CCS(=O)(=O)CC4)C4CC4)c3n2)cn1. The molecule has 0 unspecified atom stereocenters. The quantitative estimate of drug-likeness (QED) is 0.554. The number of nitrogens with one attached hydrogen (secondary N) is 2. The molecule has 32 heavy (non-hydrogen) atoms. The Hall–Kier alpha value is -3.28. The number of aromatic amines is 1. The van der Waals surface area contributed by atoms with Crippen molar-refractivity contribution < 1.29 is 18.0 Å². The van der Waals surface area contributed by atoms with E-state index in [1.807, 2.05) is 6.20 Å². The summed E-state index contributed by atoms with van der Waals surface area (Å²) in [5, 5.41) is 7.01. The van der Waals surface area contributed by atoms with E-state index in [1.165, 1.54) is 6.20 Å². The van der Waals surface area contributed by atoms with Crippen molar-refractivity contribution in [3.05, 3.63) is 30.4 Å². The van der Waals surface area contributed by atoms with E-state index >= 15 is 0 Å². The van der Waals surface area contributed by atoms with Crippen molar-refractivity contribution in [1.82, 2.24) is 34.9 Å². The monoisotopic (exact) mass is 457 g/mol. The van der Waals surface area contributed by atoms with E-state index in [1.54, 1.807) is 29.0 Å². The van der Waals surface area contributed by atoms with Gasteiger partial charge >= 0.3 is 0 Å². The summed E-state index contributed by atoms with van der Waals surface area (Å²) in [4.78, 5) is 39.6. The van der Waals surface area contributed by atoms with E-state index in [0.29, 0.717) is 22.4 Å². The molecule has 1 saturated heterocycles. The topological polar surface area (TPSA) is 143 Å². The maximum atomic E-state index is 13.1. The van der Waals surface area contributed by atoms with Gasteiger partial charge in [0.25, 0.3) is 5.91 Å². The third-order valence-corrected chi connectivity index (χ3v) is 7.54. The lowest BCUT2D eigenvalue weighted by molar-refractivity contribution is -0.133. The molecule has 3 aromatic heterocycles. The number of hydrogen-bond acceptors (Lipinski definition) is 7. The van der Waals surface area contributed by atoms with Crippen molar-refractivity contribution in [1.29, 1.82) is 0 Å². The fourth-order valence-corrected chi connectivity index (χ4v) is 5.12. The Kier molecular flexibility index (Phi) is 4.96. The van der Waals surface area contributed by atoms with E-state index in [0.717, 1.165) is 18.4 Å². The maximum Gasteiger partial charge on any atom is 0.255 e. The van der Waals surface area contributed by atoms with Crippen molar-refractivity contribution in [3.8, 4) is 11.3 Å². The molecule has 168 valence electrons. The smallest absolute Gasteiger partial charge is 0.255 e. The van der Waals surface area contributed by atoms with E-state index < -0.39 is 21.8 Å². The van der Waals surface area contributed by atoms with Crippen LogP contribution in [0.2, 0.25) is 0 Å².